The maximum atomic E-state index is 14.3. The van der Waals surface area contributed by atoms with Crippen LogP contribution in [0.2, 0.25) is 15.1 Å². The number of carbonyl (C=O) groups is 5. The van der Waals surface area contributed by atoms with Gasteiger partial charge in [-0.05, 0) is 72.4 Å². The molecule has 0 bridgehead atoms. The molecule has 1 aromatic heterocycles. The van der Waals surface area contributed by atoms with E-state index in [-0.39, 0.29) is 11.6 Å². The molecule has 1 heterocycles. The summed E-state index contributed by atoms with van der Waals surface area (Å²) in [7, 11) is 0. The minimum absolute atomic E-state index is 0.219. The smallest absolute Gasteiger partial charge is 0.305 e. The fraction of sp³-hybridized carbons (Fsp3) is 0.278. The van der Waals surface area contributed by atoms with Crippen LogP contribution in [0.1, 0.15) is 52.4 Å². The summed E-state index contributed by atoms with van der Waals surface area (Å²) in [4.78, 5) is 72.0. The van der Waals surface area contributed by atoms with Gasteiger partial charge in [0.1, 0.15) is 24.0 Å². The lowest BCUT2D eigenvalue weighted by Gasteiger charge is -2.34. The lowest BCUT2D eigenvalue weighted by atomic mass is 10.00. The van der Waals surface area contributed by atoms with E-state index in [9.17, 15) is 29.1 Å². The first-order chi connectivity index (χ1) is 23.8. The van der Waals surface area contributed by atoms with Gasteiger partial charge in [-0.3, -0.25) is 24.0 Å². The van der Waals surface area contributed by atoms with E-state index in [1.54, 1.807) is 50.2 Å². The minimum atomic E-state index is -1.57. The summed E-state index contributed by atoms with van der Waals surface area (Å²) in [6, 6.07) is 15.5. The Hall–Kier alpha value is -4.71. The van der Waals surface area contributed by atoms with Crippen molar-refractivity contribution in [3.8, 4) is 11.3 Å². The molecule has 1 aliphatic carbocycles. The van der Waals surface area contributed by atoms with Gasteiger partial charge < -0.3 is 25.1 Å². The molecular weight excluding hydrogens is 707 g/mol. The van der Waals surface area contributed by atoms with Gasteiger partial charge in [-0.15, -0.1) is 0 Å². The van der Waals surface area contributed by atoms with Gasteiger partial charge in [0.25, 0.3) is 11.8 Å². The number of aliphatic carboxylic acids is 1. The number of Topliss-reactive ketones (excluding diaryl/α,β-unsaturated/α-hetero) is 1. The largest absolute Gasteiger partial charge is 0.481 e. The second-order valence-corrected chi connectivity index (χ2v) is 13.6. The highest BCUT2D eigenvalue weighted by molar-refractivity contribution is 6.35. The van der Waals surface area contributed by atoms with Gasteiger partial charge in [0.15, 0.2) is 0 Å². The van der Waals surface area contributed by atoms with Crippen LogP contribution >= 0.6 is 34.8 Å². The number of hydrogen-bond acceptors (Lipinski definition) is 7. The van der Waals surface area contributed by atoms with Crippen molar-refractivity contribution in [2.24, 2.45) is 5.92 Å². The first kappa shape index (κ1) is 36.6. The molecular formula is C36H33Cl3N4O7. The number of hydrogen-bond donors (Lipinski definition) is 3. The Labute approximate surface area is 302 Å². The van der Waals surface area contributed by atoms with Crippen molar-refractivity contribution in [3.05, 3.63) is 111 Å². The van der Waals surface area contributed by atoms with E-state index in [1.165, 1.54) is 17.2 Å². The highest BCUT2D eigenvalue weighted by Gasteiger charge is 2.38. The molecule has 0 fully saturated rings. The normalized spacial score (nSPS) is 13.7. The Morgan fingerprint density at radius 3 is 2.10 bits per heavy atom. The summed E-state index contributed by atoms with van der Waals surface area (Å²) in [5, 5.41) is 16.0. The predicted octanol–water partition coefficient (Wildman–Crippen LogP) is 5.89. The summed E-state index contributed by atoms with van der Waals surface area (Å²) in [6.07, 6.45) is 1.32. The Morgan fingerprint density at radius 2 is 1.52 bits per heavy atom. The topological polar surface area (TPSA) is 159 Å². The lowest BCUT2D eigenvalue weighted by Crippen LogP contribution is -2.57. The van der Waals surface area contributed by atoms with Crippen LogP contribution in [-0.2, 0) is 27.2 Å². The Morgan fingerprint density at radius 1 is 0.900 bits per heavy atom. The Bertz CT molecular complexity index is 1880. The van der Waals surface area contributed by atoms with Gasteiger partial charge in [-0.2, -0.15) is 0 Å². The maximum Gasteiger partial charge on any atom is 0.305 e. The number of aromatic nitrogens is 1. The van der Waals surface area contributed by atoms with Crippen LogP contribution in [0, 0.1) is 5.92 Å². The molecule has 3 aromatic carbocycles. The molecule has 0 aliphatic heterocycles. The number of nitrogens with zero attached hydrogens (tertiary/aromatic N) is 2. The summed E-state index contributed by atoms with van der Waals surface area (Å²) >= 11 is 18.2. The van der Waals surface area contributed by atoms with Crippen LogP contribution in [0.25, 0.3) is 11.3 Å². The fourth-order valence-corrected chi connectivity index (χ4v) is 6.46. The average molecular weight is 740 g/mol. The molecule has 3 N–H and O–H groups in total. The highest BCUT2D eigenvalue weighted by Crippen LogP contribution is 2.28. The molecule has 260 valence electrons. The van der Waals surface area contributed by atoms with Crippen molar-refractivity contribution < 1.29 is 33.5 Å². The summed E-state index contributed by atoms with van der Waals surface area (Å²) in [5.74, 6) is -4.84. The molecule has 0 radical (unpaired) electrons. The monoisotopic (exact) mass is 738 g/mol. The van der Waals surface area contributed by atoms with E-state index < -0.39 is 66.5 Å². The van der Waals surface area contributed by atoms with E-state index in [0.717, 1.165) is 11.1 Å². The van der Waals surface area contributed by atoms with Gasteiger partial charge >= 0.3 is 5.97 Å². The average Bonchev–Trinajstić information content (AvgIpc) is 3.73. The highest BCUT2D eigenvalue weighted by atomic mass is 35.5. The van der Waals surface area contributed by atoms with Crippen molar-refractivity contribution >= 4 is 64.3 Å². The summed E-state index contributed by atoms with van der Waals surface area (Å²) in [6.45, 7) is 3.03. The molecule has 0 saturated heterocycles. The predicted molar refractivity (Wildman–Crippen MR) is 187 cm³/mol. The van der Waals surface area contributed by atoms with E-state index >= 15 is 0 Å². The van der Waals surface area contributed by atoms with Crippen LogP contribution in [-0.4, -0.2) is 69.1 Å². The van der Waals surface area contributed by atoms with E-state index in [0.29, 0.717) is 39.0 Å². The number of nitrogens with one attached hydrogen (secondary N) is 2. The molecule has 3 amide bonds. The molecule has 5 rings (SSSR count). The number of carboxylic acids is 1. The van der Waals surface area contributed by atoms with Crippen molar-refractivity contribution in [2.45, 2.75) is 51.2 Å². The second kappa shape index (κ2) is 15.9. The SMILES string of the molecule is CC(C)[C@H](NC(=O)c1ccc(Cl)cc1)C(=O)N(CC(=O)N[C@@H](CC(=O)O)C(=O)c1nc(-c2cc(Cl)cc(Cl)c2)co1)C1Cc2ccccc2C1. The number of fused-ring (bicyclic) bond motifs is 1. The number of ketones is 1. The third-order valence-electron chi connectivity index (χ3n) is 8.30. The van der Waals surface area contributed by atoms with Gasteiger partial charge in [0.05, 0.1) is 13.0 Å². The Balaban J connectivity index is 1.38. The first-order valence-corrected chi connectivity index (χ1v) is 16.8. The third kappa shape index (κ3) is 8.90. The minimum Gasteiger partial charge on any atom is -0.481 e. The number of amides is 3. The molecule has 2 atom stereocenters. The van der Waals surface area contributed by atoms with E-state index in [4.69, 9.17) is 39.2 Å². The number of rotatable bonds is 13. The van der Waals surface area contributed by atoms with Crippen LogP contribution in [0.3, 0.4) is 0 Å². The Kier molecular flexibility index (Phi) is 11.6. The van der Waals surface area contributed by atoms with E-state index in [1.807, 2.05) is 24.3 Å². The van der Waals surface area contributed by atoms with Crippen LogP contribution in [0.4, 0.5) is 0 Å². The number of carbonyl (C=O) groups excluding carboxylic acids is 4. The molecule has 50 heavy (non-hydrogen) atoms. The second-order valence-electron chi connectivity index (χ2n) is 12.3. The molecule has 4 aromatic rings. The molecule has 14 heteroatoms. The first-order valence-electron chi connectivity index (χ1n) is 15.7. The molecule has 1 aliphatic rings. The van der Waals surface area contributed by atoms with E-state index in [2.05, 4.69) is 15.6 Å². The summed E-state index contributed by atoms with van der Waals surface area (Å²) < 4.78 is 5.38. The number of benzene rings is 3. The zero-order valence-corrected chi connectivity index (χ0v) is 29.3. The van der Waals surface area contributed by atoms with Crippen LogP contribution in [0.15, 0.2) is 77.4 Å². The quantitative estimate of drug-likeness (QED) is 0.143. The maximum absolute atomic E-state index is 14.3. The van der Waals surface area contributed by atoms with Gasteiger partial charge in [-0.25, -0.2) is 4.98 Å². The molecule has 0 saturated carbocycles. The van der Waals surface area contributed by atoms with Gasteiger partial charge in [0, 0.05) is 32.2 Å². The third-order valence-corrected chi connectivity index (χ3v) is 8.99. The van der Waals surface area contributed by atoms with Crippen LogP contribution in [0.5, 0.6) is 0 Å². The zero-order valence-electron chi connectivity index (χ0n) is 27.0. The number of halogens is 3. The van der Waals surface area contributed by atoms with Crippen molar-refractivity contribution in [1.29, 1.82) is 0 Å². The van der Waals surface area contributed by atoms with Crippen molar-refractivity contribution in [2.75, 3.05) is 6.54 Å². The zero-order chi connectivity index (χ0) is 36.1. The van der Waals surface area contributed by atoms with Crippen molar-refractivity contribution in [1.82, 2.24) is 20.5 Å². The number of oxazole rings is 1. The van der Waals surface area contributed by atoms with Gasteiger partial charge in [0.2, 0.25) is 17.6 Å². The molecule has 11 nitrogen and oxygen atoms in total. The standard InChI is InChI=1S/C36H33Cl3N4O7/c1-19(2)32(42-34(48)20-7-9-24(37)10-8-20)36(49)43(27-13-21-5-3-4-6-22(21)14-27)17-30(44)40-28(16-31(45)46)33(47)35-41-29(18-50-35)23-11-25(38)15-26(39)12-23/h3-12,15,18-19,27-28,32H,13-14,16-17H2,1-2H3,(H,40,44)(H,42,48)(H,45,46)/t28-,32-/m0/s1. The van der Waals surface area contributed by atoms with Gasteiger partial charge in [-0.1, -0.05) is 72.9 Å². The summed E-state index contributed by atoms with van der Waals surface area (Å²) in [5.41, 5.74) is 3.01. The molecule has 0 unspecified atom stereocenters. The van der Waals surface area contributed by atoms with Crippen LogP contribution < -0.4 is 10.6 Å². The molecule has 0 spiro atoms. The van der Waals surface area contributed by atoms with Crippen molar-refractivity contribution in [3.63, 3.8) is 0 Å². The fourth-order valence-electron chi connectivity index (χ4n) is 5.81. The number of carboxylic acid groups (broad SMARTS) is 1. The lowest BCUT2D eigenvalue weighted by molar-refractivity contribution is -0.141.